The zero-order valence-electron chi connectivity index (χ0n) is 26.8. The summed E-state index contributed by atoms with van der Waals surface area (Å²) in [5.41, 5.74) is 2.68. The van der Waals surface area contributed by atoms with Gasteiger partial charge in [-0.05, 0) is 123 Å². The maximum absolute atomic E-state index is 10.6. The van der Waals surface area contributed by atoms with Crippen molar-refractivity contribution in [2.75, 3.05) is 0 Å². The molecule has 0 aliphatic heterocycles. The number of hydrogen-bond donors (Lipinski definition) is 2. The standard InChI is InChI=1S/C36H62O3/c1-23-20-25(37)22-26(21-23)39-32-17-16-28-27(34(32,5)6)14-15-30-29-13-12-24(10-9-11-31(38)33(2,3)4)35(29,7)18-19-36(28,30)8/h14,23-26,28-32,37-38H,9-13,15-22H2,1-8H3. The lowest BCUT2D eigenvalue weighted by Crippen LogP contribution is -2.55. The lowest BCUT2D eigenvalue weighted by atomic mass is 9.43. The Morgan fingerprint density at radius 3 is 2.36 bits per heavy atom. The summed E-state index contributed by atoms with van der Waals surface area (Å²) in [7, 11) is 0. The molecule has 2 N–H and O–H groups in total. The van der Waals surface area contributed by atoms with Crippen molar-refractivity contribution in [3.63, 3.8) is 0 Å². The van der Waals surface area contributed by atoms with Crippen molar-refractivity contribution in [2.45, 2.75) is 163 Å². The Hall–Kier alpha value is -0.380. The van der Waals surface area contributed by atoms with E-state index in [0.29, 0.717) is 22.7 Å². The average Bonchev–Trinajstić information content (AvgIpc) is 3.16. The first-order chi connectivity index (χ1) is 18.2. The minimum atomic E-state index is -0.192. The molecule has 0 aromatic heterocycles. The van der Waals surface area contributed by atoms with Gasteiger partial charge in [0.2, 0.25) is 0 Å². The van der Waals surface area contributed by atoms with Crippen LogP contribution in [0.25, 0.3) is 0 Å². The zero-order chi connectivity index (χ0) is 28.4. The van der Waals surface area contributed by atoms with Gasteiger partial charge in [0, 0.05) is 5.41 Å². The number of hydrogen-bond acceptors (Lipinski definition) is 3. The highest BCUT2D eigenvalue weighted by molar-refractivity contribution is 5.29. The minimum Gasteiger partial charge on any atom is -0.393 e. The summed E-state index contributed by atoms with van der Waals surface area (Å²) in [6.45, 7) is 19.0. The van der Waals surface area contributed by atoms with Crippen LogP contribution in [0, 0.1) is 51.2 Å². The van der Waals surface area contributed by atoms with Crippen LogP contribution in [0.4, 0.5) is 0 Å². The van der Waals surface area contributed by atoms with Crippen molar-refractivity contribution >= 4 is 0 Å². The SMILES string of the molecule is CC1CC(O)CC(OC2CCC3C(=CCC4C5CCC(CCCC(O)C(C)(C)C)C5(C)CCC34C)C2(C)C)C1. The molecule has 0 amide bonds. The van der Waals surface area contributed by atoms with E-state index < -0.39 is 0 Å². The molecular formula is C36H62O3. The van der Waals surface area contributed by atoms with Crippen LogP contribution < -0.4 is 0 Å². The van der Waals surface area contributed by atoms with Gasteiger partial charge in [-0.3, -0.25) is 0 Å². The Labute approximate surface area is 240 Å². The van der Waals surface area contributed by atoms with Crippen LogP contribution in [0.2, 0.25) is 0 Å². The normalized spacial score (nSPS) is 46.6. The van der Waals surface area contributed by atoms with Gasteiger partial charge in [-0.15, -0.1) is 0 Å². The molecule has 0 bridgehead atoms. The second kappa shape index (κ2) is 10.7. The highest BCUT2D eigenvalue weighted by atomic mass is 16.5. The molecule has 39 heavy (non-hydrogen) atoms. The monoisotopic (exact) mass is 542 g/mol. The highest BCUT2D eigenvalue weighted by Crippen LogP contribution is 2.69. The Balaban J connectivity index is 1.27. The van der Waals surface area contributed by atoms with E-state index in [9.17, 15) is 10.2 Å². The maximum atomic E-state index is 10.6. The molecule has 5 aliphatic carbocycles. The van der Waals surface area contributed by atoms with Crippen molar-refractivity contribution in [2.24, 2.45) is 51.2 Å². The van der Waals surface area contributed by atoms with Gasteiger partial charge in [0.05, 0.1) is 24.4 Å². The second-order valence-corrected chi connectivity index (χ2v) is 17.3. The minimum absolute atomic E-state index is 0.00515. The third-order valence-electron chi connectivity index (χ3n) is 13.4. The molecule has 0 aromatic carbocycles. The molecule has 3 heteroatoms. The summed E-state index contributed by atoms with van der Waals surface area (Å²) >= 11 is 0. The Morgan fingerprint density at radius 2 is 1.67 bits per heavy atom. The van der Waals surface area contributed by atoms with E-state index in [1.165, 1.54) is 57.8 Å². The molecule has 11 unspecified atom stereocenters. The summed E-state index contributed by atoms with van der Waals surface area (Å²) < 4.78 is 6.86. The van der Waals surface area contributed by atoms with Crippen LogP contribution in [0.3, 0.4) is 0 Å². The summed E-state index contributed by atoms with van der Waals surface area (Å²) in [4.78, 5) is 0. The summed E-state index contributed by atoms with van der Waals surface area (Å²) in [5.74, 6) is 3.76. The van der Waals surface area contributed by atoms with E-state index in [0.717, 1.165) is 43.4 Å². The van der Waals surface area contributed by atoms with Gasteiger partial charge in [0.25, 0.3) is 0 Å². The number of aliphatic hydroxyl groups excluding tert-OH is 2. The lowest BCUT2D eigenvalue weighted by molar-refractivity contribution is -0.133. The first-order valence-corrected chi connectivity index (χ1v) is 16.9. The average molecular weight is 543 g/mol. The van der Waals surface area contributed by atoms with Crippen LogP contribution in [-0.4, -0.2) is 34.6 Å². The fraction of sp³-hybridized carbons (Fsp3) is 0.944. The Kier molecular flexibility index (Phi) is 8.27. The first-order valence-electron chi connectivity index (χ1n) is 16.9. The molecule has 0 saturated heterocycles. The molecule has 4 fully saturated rings. The second-order valence-electron chi connectivity index (χ2n) is 17.3. The maximum Gasteiger partial charge on any atom is 0.0667 e. The number of fused-ring (bicyclic) bond motifs is 5. The summed E-state index contributed by atoms with van der Waals surface area (Å²) in [6.07, 6.45) is 18.3. The van der Waals surface area contributed by atoms with Crippen molar-refractivity contribution in [3.05, 3.63) is 11.6 Å². The fourth-order valence-electron chi connectivity index (χ4n) is 10.8. The predicted molar refractivity (Wildman–Crippen MR) is 161 cm³/mol. The van der Waals surface area contributed by atoms with Crippen molar-refractivity contribution in [1.29, 1.82) is 0 Å². The first kappa shape index (κ1) is 30.1. The molecule has 3 nitrogen and oxygen atoms in total. The van der Waals surface area contributed by atoms with Crippen LogP contribution in [0.15, 0.2) is 11.6 Å². The van der Waals surface area contributed by atoms with Crippen LogP contribution in [0.5, 0.6) is 0 Å². The van der Waals surface area contributed by atoms with Gasteiger partial charge in [-0.25, -0.2) is 0 Å². The summed E-state index contributed by atoms with van der Waals surface area (Å²) in [5, 5.41) is 21.0. The van der Waals surface area contributed by atoms with Gasteiger partial charge in [0.1, 0.15) is 0 Å². The Bertz CT molecular complexity index is 889. The van der Waals surface area contributed by atoms with Gasteiger partial charge < -0.3 is 14.9 Å². The van der Waals surface area contributed by atoms with Gasteiger partial charge in [-0.2, -0.15) is 0 Å². The van der Waals surface area contributed by atoms with Gasteiger partial charge >= 0.3 is 0 Å². The molecule has 5 aliphatic rings. The van der Waals surface area contributed by atoms with E-state index >= 15 is 0 Å². The predicted octanol–water partition coefficient (Wildman–Crippen LogP) is 8.71. The molecule has 11 atom stereocenters. The van der Waals surface area contributed by atoms with Crippen molar-refractivity contribution in [1.82, 2.24) is 0 Å². The van der Waals surface area contributed by atoms with E-state index in [4.69, 9.17) is 4.74 Å². The van der Waals surface area contributed by atoms with Crippen LogP contribution in [0.1, 0.15) is 139 Å². The van der Waals surface area contributed by atoms with Gasteiger partial charge in [0.15, 0.2) is 0 Å². The van der Waals surface area contributed by atoms with E-state index in [1.54, 1.807) is 5.57 Å². The highest BCUT2D eigenvalue weighted by Gasteiger charge is 2.61. The van der Waals surface area contributed by atoms with E-state index in [1.807, 2.05) is 0 Å². The molecule has 224 valence electrons. The lowest BCUT2D eigenvalue weighted by Gasteiger charge is -2.62. The van der Waals surface area contributed by atoms with E-state index in [-0.39, 0.29) is 35.2 Å². The van der Waals surface area contributed by atoms with Crippen molar-refractivity contribution in [3.8, 4) is 0 Å². The van der Waals surface area contributed by atoms with Crippen LogP contribution in [-0.2, 0) is 4.74 Å². The fourth-order valence-corrected chi connectivity index (χ4v) is 10.8. The number of aliphatic hydroxyl groups is 2. The van der Waals surface area contributed by atoms with Crippen LogP contribution >= 0.6 is 0 Å². The molecule has 0 aromatic rings. The van der Waals surface area contributed by atoms with Crippen molar-refractivity contribution < 1.29 is 14.9 Å². The third-order valence-corrected chi connectivity index (χ3v) is 13.4. The molecular weight excluding hydrogens is 480 g/mol. The molecule has 0 spiro atoms. The van der Waals surface area contributed by atoms with Gasteiger partial charge in [-0.1, -0.05) is 73.5 Å². The molecule has 0 heterocycles. The smallest absolute Gasteiger partial charge is 0.0667 e. The summed E-state index contributed by atoms with van der Waals surface area (Å²) in [6, 6.07) is 0. The molecule has 4 saturated carbocycles. The number of ether oxygens (including phenoxy) is 1. The quantitative estimate of drug-likeness (QED) is 0.330. The topological polar surface area (TPSA) is 49.7 Å². The largest absolute Gasteiger partial charge is 0.393 e. The number of rotatable bonds is 6. The molecule has 0 radical (unpaired) electrons. The zero-order valence-corrected chi connectivity index (χ0v) is 26.8. The number of allylic oxidation sites excluding steroid dienone is 1. The van der Waals surface area contributed by atoms with E-state index in [2.05, 4.69) is 61.5 Å². The Morgan fingerprint density at radius 1 is 0.949 bits per heavy atom. The third kappa shape index (κ3) is 5.45. The molecule has 5 rings (SSSR count).